The van der Waals surface area contributed by atoms with Crippen molar-refractivity contribution < 1.29 is 18.7 Å². The van der Waals surface area contributed by atoms with Crippen LogP contribution in [0.4, 0.5) is 0 Å². The molecule has 8 heteroatoms. The standard InChI is InChI=1S/C25H26ClN3O4/c1-4-14-29(17-23-27-28-25(33-23)19-8-6-7-9-20(19)26)24(30)13-11-18-10-12-21(32-15-5-2)22(16-18)31-3/h5-13,16H,2,4,14-15,17H2,1,3H3/b13-11+. The molecule has 0 aliphatic carbocycles. The van der Waals surface area contributed by atoms with Gasteiger partial charge in [0.2, 0.25) is 17.7 Å². The lowest BCUT2D eigenvalue weighted by atomic mass is 10.2. The van der Waals surface area contributed by atoms with E-state index in [4.69, 9.17) is 25.5 Å². The predicted octanol–water partition coefficient (Wildman–Crippen LogP) is 5.42. The number of rotatable bonds is 11. The van der Waals surface area contributed by atoms with Crippen molar-refractivity contribution in [2.45, 2.75) is 19.9 Å². The number of aromatic nitrogens is 2. The molecule has 3 rings (SSSR count). The van der Waals surface area contributed by atoms with E-state index in [0.717, 1.165) is 12.0 Å². The maximum atomic E-state index is 12.9. The molecule has 1 heterocycles. The van der Waals surface area contributed by atoms with E-state index >= 15 is 0 Å². The van der Waals surface area contributed by atoms with Crippen LogP contribution in [0.5, 0.6) is 11.5 Å². The lowest BCUT2D eigenvalue weighted by Gasteiger charge is -2.18. The average molecular weight is 468 g/mol. The van der Waals surface area contributed by atoms with E-state index in [1.165, 1.54) is 6.08 Å². The van der Waals surface area contributed by atoms with Crippen LogP contribution in [0.15, 0.2) is 65.6 Å². The summed E-state index contributed by atoms with van der Waals surface area (Å²) in [6, 6.07) is 12.7. The monoisotopic (exact) mass is 467 g/mol. The Morgan fingerprint density at radius 1 is 1.21 bits per heavy atom. The molecular formula is C25H26ClN3O4. The lowest BCUT2D eigenvalue weighted by Crippen LogP contribution is -2.29. The number of nitrogens with zero attached hydrogens (tertiary/aromatic N) is 3. The molecule has 1 aromatic heterocycles. The molecule has 0 saturated carbocycles. The van der Waals surface area contributed by atoms with Gasteiger partial charge in [0.15, 0.2) is 11.5 Å². The van der Waals surface area contributed by atoms with Crippen LogP contribution in [0, 0.1) is 0 Å². The summed E-state index contributed by atoms with van der Waals surface area (Å²) in [5.41, 5.74) is 1.46. The Morgan fingerprint density at radius 3 is 2.76 bits per heavy atom. The molecule has 0 atom stereocenters. The Bertz CT molecular complexity index is 1130. The minimum atomic E-state index is -0.166. The van der Waals surface area contributed by atoms with Gasteiger partial charge in [-0.3, -0.25) is 4.79 Å². The molecule has 0 spiro atoms. The molecule has 172 valence electrons. The molecule has 33 heavy (non-hydrogen) atoms. The first kappa shape index (κ1) is 24.1. The molecule has 0 aliphatic heterocycles. The second-order valence-electron chi connectivity index (χ2n) is 7.08. The third-order valence-electron chi connectivity index (χ3n) is 4.67. The Balaban J connectivity index is 1.71. The lowest BCUT2D eigenvalue weighted by molar-refractivity contribution is -0.126. The number of hydrogen-bond acceptors (Lipinski definition) is 6. The zero-order valence-electron chi connectivity index (χ0n) is 18.7. The normalized spacial score (nSPS) is 10.9. The topological polar surface area (TPSA) is 77.7 Å². The minimum Gasteiger partial charge on any atom is -0.493 e. The number of hydrogen-bond donors (Lipinski definition) is 0. The quantitative estimate of drug-likeness (QED) is 0.277. The molecule has 0 bridgehead atoms. The summed E-state index contributed by atoms with van der Waals surface area (Å²) in [7, 11) is 1.57. The molecule has 0 saturated heterocycles. The molecule has 2 aromatic carbocycles. The molecule has 0 unspecified atom stereocenters. The van der Waals surface area contributed by atoms with Gasteiger partial charge in [0, 0.05) is 12.6 Å². The SMILES string of the molecule is C=CCOc1ccc(/C=C/C(=O)N(CCC)Cc2nnc(-c3ccccc3Cl)o2)cc1OC. The molecule has 3 aromatic rings. The first-order chi connectivity index (χ1) is 16.0. The molecule has 0 aliphatic rings. The smallest absolute Gasteiger partial charge is 0.249 e. The summed E-state index contributed by atoms with van der Waals surface area (Å²) < 4.78 is 16.7. The van der Waals surface area contributed by atoms with Crippen molar-refractivity contribution in [2.75, 3.05) is 20.3 Å². The second-order valence-corrected chi connectivity index (χ2v) is 7.49. The maximum absolute atomic E-state index is 12.9. The highest BCUT2D eigenvalue weighted by atomic mass is 35.5. The van der Waals surface area contributed by atoms with E-state index in [1.54, 1.807) is 48.4 Å². The van der Waals surface area contributed by atoms with Crippen LogP contribution >= 0.6 is 11.6 Å². The molecular weight excluding hydrogens is 442 g/mol. The van der Waals surface area contributed by atoms with Crippen LogP contribution in [0.3, 0.4) is 0 Å². The van der Waals surface area contributed by atoms with Gasteiger partial charge < -0.3 is 18.8 Å². The van der Waals surface area contributed by atoms with E-state index in [-0.39, 0.29) is 12.5 Å². The van der Waals surface area contributed by atoms with Crippen molar-refractivity contribution in [1.29, 1.82) is 0 Å². The average Bonchev–Trinajstić information content (AvgIpc) is 3.29. The number of carbonyl (C=O) groups is 1. The highest BCUT2D eigenvalue weighted by Gasteiger charge is 2.17. The van der Waals surface area contributed by atoms with Gasteiger partial charge in [-0.2, -0.15) is 0 Å². The number of amides is 1. The third-order valence-corrected chi connectivity index (χ3v) is 4.99. The summed E-state index contributed by atoms with van der Waals surface area (Å²) >= 11 is 6.21. The number of methoxy groups -OCH3 is 1. The molecule has 7 nitrogen and oxygen atoms in total. The van der Waals surface area contributed by atoms with Crippen molar-refractivity contribution in [3.63, 3.8) is 0 Å². The summed E-state index contributed by atoms with van der Waals surface area (Å²) in [6.45, 7) is 6.77. The van der Waals surface area contributed by atoms with Gasteiger partial charge >= 0.3 is 0 Å². The zero-order valence-corrected chi connectivity index (χ0v) is 19.4. The Hall–Kier alpha value is -3.58. The summed E-state index contributed by atoms with van der Waals surface area (Å²) in [5, 5.41) is 8.68. The zero-order chi connectivity index (χ0) is 23.6. The van der Waals surface area contributed by atoms with E-state index in [1.807, 2.05) is 25.1 Å². The Labute approximate surface area is 198 Å². The van der Waals surface area contributed by atoms with Crippen LogP contribution in [0.2, 0.25) is 5.02 Å². The first-order valence-corrected chi connectivity index (χ1v) is 10.9. The van der Waals surface area contributed by atoms with Gasteiger partial charge in [-0.25, -0.2) is 0 Å². The maximum Gasteiger partial charge on any atom is 0.249 e. The Morgan fingerprint density at radius 2 is 2.03 bits per heavy atom. The number of benzene rings is 2. The molecule has 0 fully saturated rings. The fourth-order valence-electron chi connectivity index (χ4n) is 3.09. The van der Waals surface area contributed by atoms with Gasteiger partial charge in [-0.05, 0) is 42.3 Å². The van der Waals surface area contributed by atoms with Gasteiger partial charge in [-0.15, -0.1) is 10.2 Å². The summed E-state index contributed by atoms with van der Waals surface area (Å²) in [4.78, 5) is 14.5. The van der Waals surface area contributed by atoms with Gasteiger partial charge in [-0.1, -0.05) is 49.4 Å². The van der Waals surface area contributed by atoms with E-state index in [9.17, 15) is 4.79 Å². The van der Waals surface area contributed by atoms with Crippen LogP contribution in [-0.2, 0) is 11.3 Å². The number of ether oxygens (including phenoxy) is 2. The van der Waals surface area contributed by atoms with Gasteiger partial charge in [0.25, 0.3) is 0 Å². The van der Waals surface area contributed by atoms with Gasteiger partial charge in [0.1, 0.15) is 6.61 Å². The van der Waals surface area contributed by atoms with E-state index in [0.29, 0.717) is 47.0 Å². The third kappa shape index (κ3) is 6.46. The predicted molar refractivity (Wildman–Crippen MR) is 128 cm³/mol. The first-order valence-electron chi connectivity index (χ1n) is 10.5. The molecule has 0 N–H and O–H groups in total. The summed E-state index contributed by atoms with van der Waals surface area (Å²) in [5.74, 6) is 1.68. The van der Waals surface area contributed by atoms with Crippen LogP contribution in [-0.4, -0.2) is 41.3 Å². The van der Waals surface area contributed by atoms with Crippen molar-refractivity contribution in [2.24, 2.45) is 0 Å². The summed E-state index contributed by atoms with van der Waals surface area (Å²) in [6.07, 6.45) is 5.69. The van der Waals surface area contributed by atoms with Crippen LogP contribution < -0.4 is 9.47 Å². The molecule has 1 amide bonds. The fraction of sp³-hybridized carbons (Fsp3) is 0.240. The van der Waals surface area contributed by atoms with Crippen molar-refractivity contribution in [3.8, 4) is 23.0 Å². The number of halogens is 1. The highest BCUT2D eigenvalue weighted by Crippen LogP contribution is 2.29. The van der Waals surface area contributed by atoms with Crippen molar-refractivity contribution in [3.05, 3.63) is 77.7 Å². The Kier molecular flexibility index (Phi) is 8.66. The minimum absolute atomic E-state index is 0.166. The van der Waals surface area contributed by atoms with Crippen molar-refractivity contribution >= 4 is 23.6 Å². The van der Waals surface area contributed by atoms with E-state index in [2.05, 4.69) is 16.8 Å². The van der Waals surface area contributed by atoms with Crippen molar-refractivity contribution in [1.82, 2.24) is 15.1 Å². The van der Waals surface area contributed by atoms with Crippen LogP contribution in [0.25, 0.3) is 17.5 Å². The fourth-order valence-corrected chi connectivity index (χ4v) is 3.31. The number of carbonyl (C=O) groups excluding carboxylic acids is 1. The highest BCUT2D eigenvalue weighted by molar-refractivity contribution is 6.33. The largest absolute Gasteiger partial charge is 0.493 e. The second kappa shape index (κ2) is 11.9. The van der Waals surface area contributed by atoms with Crippen LogP contribution in [0.1, 0.15) is 24.8 Å². The van der Waals surface area contributed by atoms with Gasteiger partial charge in [0.05, 0.1) is 24.2 Å². The molecule has 0 radical (unpaired) electrons. The van der Waals surface area contributed by atoms with E-state index < -0.39 is 0 Å².